The summed E-state index contributed by atoms with van der Waals surface area (Å²) in [5.41, 5.74) is 10.8. The summed E-state index contributed by atoms with van der Waals surface area (Å²) >= 11 is 6.17. The molecule has 0 spiro atoms. The maximum atomic E-state index is 6.17. The lowest BCUT2D eigenvalue weighted by molar-refractivity contribution is 0.410. The second-order valence-electron chi connectivity index (χ2n) is 8.96. The molecule has 0 aliphatic rings. The molecular weight excluding hydrogens is 462 g/mol. The minimum atomic E-state index is -0.252. The number of rotatable bonds is 4. The van der Waals surface area contributed by atoms with Gasteiger partial charge in [-0.05, 0) is 56.7 Å². The lowest BCUT2D eigenvalue weighted by Gasteiger charge is -2.25. The van der Waals surface area contributed by atoms with Crippen LogP contribution in [0.3, 0.4) is 0 Å². The van der Waals surface area contributed by atoms with Gasteiger partial charge in [0.25, 0.3) is 0 Å². The van der Waals surface area contributed by atoms with Crippen LogP contribution in [0.2, 0.25) is 5.02 Å². The number of anilines is 1. The molecule has 5 aromatic rings. The fourth-order valence-corrected chi connectivity index (χ4v) is 4.20. The first-order valence-corrected chi connectivity index (χ1v) is 11.1. The molecule has 3 aromatic heterocycles. The molecule has 0 atom stereocenters. The van der Waals surface area contributed by atoms with Gasteiger partial charge in [-0.2, -0.15) is 5.10 Å². The van der Waals surface area contributed by atoms with Crippen LogP contribution in [0.4, 0.5) is 5.95 Å². The van der Waals surface area contributed by atoms with Crippen molar-refractivity contribution in [3.8, 4) is 34.0 Å². The van der Waals surface area contributed by atoms with Gasteiger partial charge in [-0.1, -0.05) is 25.1 Å². The highest BCUT2D eigenvalue weighted by Gasteiger charge is 2.25. The second kappa shape index (κ2) is 9.03. The molecule has 0 radical (unpaired) electrons. The van der Waals surface area contributed by atoms with Crippen LogP contribution >= 0.6 is 11.6 Å². The van der Waals surface area contributed by atoms with E-state index < -0.39 is 0 Å². The van der Waals surface area contributed by atoms with Gasteiger partial charge >= 0.3 is 0 Å². The average Bonchev–Trinajstić information content (AvgIpc) is 3.42. The Kier molecular flexibility index (Phi) is 6.25. The molecule has 2 aromatic carbocycles. The van der Waals surface area contributed by atoms with Crippen molar-refractivity contribution in [3.63, 3.8) is 0 Å². The number of aromatic nitrogens is 6. The molecule has 0 bridgehead atoms. The predicted molar refractivity (Wildman–Crippen MR) is 141 cm³/mol. The lowest BCUT2D eigenvalue weighted by atomic mass is 10.0. The van der Waals surface area contributed by atoms with E-state index in [2.05, 4.69) is 46.5 Å². The van der Waals surface area contributed by atoms with Crippen molar-refractivity contribution in [2.45, 2.75) is 33.7 Å². The van der Waals surface area contributed by atoms with Crippen molar-refractivity contribution in [3.05, 3.63) is 66.2 Å². The molecule has 9 heteroatoms. The van der Waals surface area contributed by atoms with E-state index in [1.165, 1.54) is 0 Å². The number of hydrogen-bond acceptors (Lipinski definition) is 6. The van der Waals surface area contributed by atoms with E-state index in [1.54, 1.807) is 36.6 Å². The standard InChI is InChI=1S/C25H24ClN7O.CH4/c1-25(2,3)33-22-7-5-15(16-11-28-24(27)29-12-16)9-20(22)31-23(33)19-10-18(34-4)6-8-21(19)32-14-17(26)13-30-32;/h5-14H,1-4H3,(H2,27,28,29);1H4. The fourth-order valence-electron chi connectivity index (χ4n) is 4.06. The third kappa shape index (κ3) is 4.44. The normalized spacial score (nSPS) is 11.5. The van der Waals surface area contributed by atoms with Gasteiger partial charge < -0.3 is 15.0 Å². The van der Waals surface area contributed by atoms with Crippen LogP contribution in [-0.4, -0.2) is 36.4 Å². The summed E-state index contributed by atoms with van der Waals surface area (Å²) in [5, 5.41) is 4.97. The number of methoxy groups -OCH3 is 1. The number of nitrogen functional groups attached to an aromatic ring is 1. The highest BCUT2D eigenvalue weighted by molar-refractivity contribution is 6.30. The summed E-state index contributed by atoms with van der Waals surface area (Å²) in [6, 6.07) is 12.0. The van der Waals surface area contributed by atoms with E-state index >= 15 is 0 Å². The van der Waals surface area contributed by atoms with Crippen LogP contribution in [0.15, 0.2) is 61.2 Å². The van der Waals surface area contributed by atoms with Crippen LogP contribution in [-0.2, 0) is 5.54 Å². The van der Waals surface area contributed by atoms with Gasteiger partial charge in [0, 0.05) is 35.3 Å². The largest absolute Gasteiger partial charge is 0.497 e. The number of halogens is 1. The summed E-state index contributed by atoms with van der Waals surface area (Å²) in [6.07, 6.45) is 6.82. The van der Waals surface area contributed by atoms with Gasteiger partial charge in [-0.25, -0.2) is 19.6 Å². The number of imidazole rings is 1. The summed E-state index contributed by atoms with van der Waals surface area (Å²) < 4.78 is 9.52. The molecule has 0 fully saturated rings. The monoisotopic (exact) mass is 489 g/mol. The quantitative estimate of drug-likeness (QED) is 0.333. The first-order chi connectivity index (χ1) is 16.2. The van der Waals surface area contributed by atoms with E-state index in [4.69, 9.17) is 27.1 Å². The average molecular weight is 490 g/mol. The molecule has 0 saturated heterocycles. The third-order valence-corrected chi connectivity index (χ3v) is 5.77. The van der Waals surface area contributed by atoms with E-state index in [0.29, 0.717) is 5.02 Å². The molecule has 2 N–H and O–H groups in total. The zero-order valence-electron chi connectivity index (χ0n) is 19.3. The fraction of sp³-hybridized carbons (Fsp3) is 0.231. The van der Waals surface area contributed by atoms with Crippen LogP contribution < -0.4 is 10.5 Å². The minimum absolute atomic E-state index is 0. The van der Waals surface area contributed by atoms with E-state index in [1.807, 2.05) is 30.3 Å². The first kappa shape index (κ1) is 24.2. The molecule has 35 heavy (non-hydrogen) atoms. The van der Waals surface area contributed by atoms with Crippen molar-refractivity contribution in [1.29, 1.82) is 0 Å². The smallest absolute Gasteiger partial charge is 0.219 e. The Morgan fingerprint density at radius 1 is 0.971 bits per heavy atom. The maximum absolute atomic E-state index is 6.17. The van der Waals surface area contributed by atoms with Gasteiger partial charge in [-0.3, -0.25) is 0 Å². The van der Waals surface area contributed by atoms with Gasteiger partial charge in [0.2, 0.25) is 5.95 Å². The Hall–Kier alpha value is -3.91. The number of fused-ring (bicyclic) bond motifs is 1. The second-order valence-corrected chi connectivity index (χ2v) is 9.40. The highest BCUT2D eigenvalue weighted by atomic mass is 35.5. The van der Waals surface area contributed by atoms with Crippen molar-refractivity contribution in [2.24, 2.45) is 0 Å². The summed E-state index contributed by atoms with van der Waals surface area (Å²) in [5.74, 6) is 1.77. The first-order valence-electron chi connectivity index (χ1n) is 10.7. The van der Waals surface area contributed by atoms with Gasteiger partial charge in [0.15, 0.2) is 0 Å². The van der Waals surface area contributed by atoms with Crippen molar-refractivity contribution >= 4 is 28.6 Å². The van der Waals surface area contributed by atoms with E-state index in [0.717, 1.165) is 45.0 Å². The molecule has 0 amide bonds. The lowest BCUT2D eigenvalue weighted by Crippen LogP contribution is -2.23. The molecule has 3 heterocycles. The summed E-state index contributed by atoms with van der Waals surface area (Å²) in [6.45, 7) is 6.47. The summed E-state index contributed by atoms with van der Waals surface area (Å²) in [7, 11) is 1.65. The minimum Gasteiger partial charge on any atom is -0.497 e. The van der Waals surface area contributed by atoms with Gasteiger partial charge in [-0.15, -0.1) is 0 Å². The van der Waals surface area contributed by atoms with Crippen molar-refractivity contribution in [1.82, 2.24) is 29.3 Å². The Bertz CT molecular complexity index is 1500. The molecular formula is C26H28ClN7O. The van der Waals surface area contributed by atoms with Crippen LogP contribution in [0.25, 0.3) is 39.2 Å². The molecule has 180 valence electrons. The van der Waals surface area contributed by atoms with E-state index in [-0.39, 0.29) is 18.9 Å². The topological polar surface area (TPSA) is 96.7 Å². The SMILES string of the molecule is C.COc1ccc(-n2cc(Cl)cn2)c(-c2nc3cc(-c4cnc(N)nc4)ccc3n2C(C)(C)C)c1. The molecule has 0 saturated carbocycles. The molecule has 0 aliphatic carbocycles. The Morgan fingerprint density at radius 2 is 1.71 bits per heavy atom. The van der Waals surface area contributed by atoms with Crippen LogP contribution in [0.1, 0.15) is 28.2 Å². The van der Waals surface area contributed by atoms with Crippen LogP contribution in [0.5, 0.6) is 5.75 Å². The molecule has 0 unspecified atom stereocenters. The molecule has 5 rings (SSSR count). The van der Waals surface area contributed by atoms with Gasteiger partial charge in [0.1, 0.15) is 11.6 Å². The third-order valence-electron chi connectivity index (χ3n) is 5.57. The van der Waals surface area contributed by atoms with E-state index in [9.17, 15) is 0 Å². The molecule has 0 aliphatic heterocycles. The van der Waals surface area contributed by atoms with Gasteiger partial charge in [0.05, 0.1) is 35.1 Å². The van der Waals surface area contributed by atoms with Crippen molar-refractivity contribution < 1.29 is 4.74 Å². The number of hydrogen-bond donors (Lipinski definition) is 1. The number of benzene rings is 2. The number of nitrogens with zero attached hydrogens (tertiary/aromatic N) is 6. The van der Waals surface area contributed by atoms with Crippen molar-refractivity contribution in [2.75, 3.05) is 12.8 Å². The predicted octanol–water partition coefficient (Wildman–Crippen LogP) is 5.98. The Balaban J connectivity index is 0.00000289. The maximum Gasteiger partial charge on any atom is 0.219 e. The zero-order valence-corrected chi connectivity index (χ0v) is 20.1. The van der Waals surface area contributed by atoms with Crippen LogP contribution in [0, 0.1) is 0 Å². The number of ether oxygens (including phenoxy) is 1. The molecule has 8 nitrogen and oxygen atoms in total. The number of nitrogens with two attached hydrogens (primary N) is 1. The summed E-state index contributed by atoms with van der Waals surface area (Å²) in [4.78, 5) is 13.3. The Labute approximate surface area is 209 Å². The highest BCUT2D eigenvalue weighted by Crippen LogP contribution is 2.37. The zero-order chi connectivity index (χ0) is 24.0. The Morgan fingerprint density at radius 3 is 2.34 bits per heavy atom.